The van der Waals surface area contributed by atoms with Crippen molar-refractivity contribution in [1.82, 2.24) is 0 Å². The second-order valence-electron chi connectivity index (χ2n) is 5.55. The second-order valence-corrected chi connectivity index (χ2v) is 5.55. The largest absolute Gasteiger partial charge is 0.294 e. The van der Waals surface area contributed by atoms with Gasteiger partial charge in [0.15, 0.2) is 5.78 Å². The van der Waals surface area contributed by atoms with Gasteiger partial charge in [-0.2, -0.15) is 0 Å². The van der Waals surface area contributed by atoms with Crippen LogP contribution in [0.3, 0.4) is 0 Å². The third kappa shape index (κ3) is 2.86. The van der Waals surface area contributed by atoms with E-state index >= 15 is 0 Å². The molecule has 0 amide bonds. The molecule has 1 heteroatoms. The Morgan fingerprint density at radius 2 is 1.67 bits per heavy atom. The van der Waals surface area contributed by atoms with Gasteiger partial charge in [0.2, 0.25) is 0 Å². The molecule has 0 fully saturated rings. The van der Waals surface area contributed by atoms with Gasteiger partial charge in [-0.3, -0.25) is 4.79 Å². The molecule has 0 N–H and O–H groups in total. The fourth-order valence-electron chi connectivity index (χ4n) is 1.73. The molecule has 0 aliphatic rings. The molecule has 0 bridgehead atoms. The van der Waals surface area contributed by atoms with E-state index in [0.717, 1.165) is 5.56 Å². The number of ketones is 1. The fourth-order valence-corrected chi connectivity index (χ4v) is 1.73. The minimum absolute atomic E-state index is 0.149. The summed E-state index contributed by atoms with van der Waals surface area (Å²) in [6.07, 6.45) is 3.56. The topological polar surface area (TPSA) is 17.1 Å². The Bertz CT molecular complexity index is 600. The minimum atomic E-state index is -0.312. The van der Waals surface area contributed by atoms with Crippen LogP contribution in [0.1, 0.15) is 26.3 Å². The van der Waals surface area contributed by atoms with E-state index in [1.54, 1.807) is 6.08 Å². The quantitative estimate of drug-likeness (QED) is 0.705. The smallest absolute Gasteiger partial charge is 0.161 e. The molecule has 2 rings (SSSR count). The van der Waals surface area contributed by atoms with Crippen molar-refractivity contribution in [1.29, 1.82) is 0 Å². The molecule has 0 aliphatic heterocycles. The summed E-state index contributed by atoms with van der Waals surface area (Å²) in [5.41, 5.74) is 0.749. The molecule has 0 saturated carbocycles. The Morgan fingerprint density at radius 3 is 2.33 bits per heavy atom. The zero-order chi connectivity index (χ0) is 13.2. The Kier molecular flexibility index (Phi) is 3.33. The first-order valence-electron chi connectivity index (χ1n) is 6.18. The molecular weight excluding hydrogens is 220 g/mol. The summed E-state index contributed by atoms with van der Waals surface area (Å²) >= 11 is 0. The van der Waals surface area contributed by atoms with Crippen molar-refractivity contribution in [3.8, 4) is 0 Å². The first-order valence-corrected chi connectivity index (χ1v) is 6.18. The van der Waals surface area contributed by atoms with Crippen molar-refractivity contribution in [3.63, 3.8) is 0 Å². The average molecular weight is 238 g/mol. The summed E-state index contributed by atoms with van der Waals surface area (Å²) in [5.74, 6) is 0.149. The van der Waals surface area contributed by atoms with Crippen LogP contribution in [-0.2, 0) is 4.79 Å². The normalized spacial score (nSPS) is 12.2. The molecular formula is C17H18O. The molecule has 2 aromatic carbocycles. The number of carbonyl (C=O) groups excluding carboxylic acids is 1. The van der Waals surface area contributed by atoms with Crippen molar-refractivity contribution in [2.45, 2.75) is 20.8 Å². The van der Waals surface area contributed by atoms with Crippen molar-refractivity contribution < 1.29 is 4.79 Å². The van der Waals surface area contributed by atoms with Gasteiger partial charge in [-0.15, -0.1) is 0 Å². The van der Waals surface area contributed by atoms with Gasteiger partial charge in [0, 0.05) is 5.41 Å². The summed E-state index contributed by atoms with van der Waals surface area (Å²) in [5, 5.41) is 2.42. The van der Waals surface area contributed by atoms with E-state index in [9.17, 15) is 4.79 Å². The van der Waals surface area contributed by atoms with Crippen molar-refractivity contribution in [2.75, 3.05) is 0 Å². The lowest BCUT2D eigenvalue weighted by molar-refractivity contribution is -0.121. The van der Waals surface area contributed by atoms with Crippen molar-refractivity contribution in [3.05, 3.63) is 54.1 Å². The van der Waals surface area contributed by atoms with Crippen LogP contribution in [0.25, 0.3) is 16.8 Å². The molecule has 0 heterocycles. The third-order valence-electron chi connectivity index (χ3n) is 2.94. The van der Waals surface area contributed by atoms with Crippen LogP contribution < -0.4 is 0 Å². The molecule has 0 unspecified atom stereocenters. The second kappa shape index (κ2) is 4.77. The molecule has 18 heavy (non-hydrogen) atoms. The Morgan fingerprint density at radius 1 is 1.00 bits per heavy atom. The van der Waals surface area contributed by atoms with Gasteiger partial charge in [-0.05, 0) is 28.5 Å². The molecule has 0 spiro atoms. The number of allylic oxidation sites excluding steroid dienone is 1. The summed E-state index contributed by atoms with van der Waals surface area (Å²) in [4.78, 5) is 11.8. The lowest BCUT2D eigenvalue weighted by Gasteiger charge is -2.12. The van der Waals surface area contributed by atoms with E-state index in [-0.39, 0.29) is 11.2 Å². The molecule has 0 aromatic heterocycles. The van der Waals surface area contributed by atoms with E-state index in [0.29, 0.717) is 0 Å². The first-order chi connectivity index (χ1) is 8.47. The number of hydrogen-bond acceptors (Lipinski definition) is 1. The van der Waals surface area contributed by atoms with Gasteiger partial charge in [0.1, 0.15) is 0 Å². The number of rotatable bonds is 2. The summed E-state index contributed by atoms with van der Waals surface area (Å²) < 4.78 is 0. The fraction of sp³-hybridized carbons (Fsp3) is 0.235. The van der Waals surface area contributed by atoms with E-state index < -0.39 is 0 Å². The number of carbonyl (C=O) groups is 1. The Hall–Kier alpha value is -1.89. The highest BCUT2D eigenvalue weighted by Crippen LogP contribution is 2.19. The summed E-state index contributed by atoms with van der Waals surface area (Å²) in [6.45, 7) is 5.79. The standard InChI is InChI=1S/C17H18O/c1-17(2,3)16(18)11-9-13-8-10-14-6-4-5-7-15(14)12-13/h4-12H,1-3H3. The van der Waals surface area contributed by atoms with Gasteiger partial charge in [0.05, 0.1) is 0 Å². The highest BCUT2D eigenvalue weighted by Gasteiger charge is 2.17. The van der Waals surface area contributed by atoms with Crippen LogP contribution in [0.5, 0.6) is 0 Å². The van der Waals surface area contributed by atoms with Crippen LogP contribution in [0.15, 0.2) is 48.5 Å². The average Bonchev–Trinajstić information content (AvgIpc) is 2.34. The first kappa shape index (κ1) is 12.6. The van der Waals surface area contributed by atoms with Crippen LogP contribution >= 0.6 is 0 Å². The molecule has 0 atom stereocenters. The van der Waals surface area contributed by atoms with Crippen LogP contribution in [0, 0.1) is 5.41 Å². The number of benzene rings is 2. The SMILES string of the molecule is CC(C)(C)C(=O)C=Cc1ccc2ccccc2c1. The molecule has 1 nitrogen and oxygen atoms in total. The molecule has 92 valence electrons. The summed E-state index contributed by atoms with van der Waals surface area (Å²) in [7, 11) is 0. The van der Waals surface area contributed by atoms with E-state index in [4.69, 9.17) is 0 Å². The monoisotopic (exact) mass is 238 g/mol. The van der Waals surface area contributed by atoms with Crippen LogP contribution in [0.4, 0.5) is 0 Å². The summed E-state index contributed by atoms with van der Waals surface area (Å²) in [6, 6.07) is 14.4. The zero-order valence-corrected chi connectivity index (χ0v) is 11.1. The molecule has 2 aromatic rings. The molecule has 0 radical (unpaired) electrons. The predicted molar refractivity (Wildman–Crippen MR) is 77.4 cm³/mol. The highest BCUT2D eigenvalue weighted by molar-refractivity contribution is 5.97. The number of fused-ring (bicyclic) bond motifs is 1. The van der Waals surface area contributed by atoms with E-state index in [1.165, 1.54) is 10.8 Å². The predicted octanol–water partition coefficient (Wildman–Crippen LogP) is 4.47. The van der Waals surface area contributed by atoms with Crippen LogP contribution in [0.2, 0.25) is 0 Å². The Labute approximate surface area is 108 Å². The van der Waals surface area contributed by atoms with E-state index in [1.807, 2.05) is 45.0 Å². The number of hydrogen-bond donors (Lipinski definition) is 0. The highest BCUT2D eigenvalue weighted by atomic mass is 16.1. The molecule has 0 aliphatic carbocycles. The van der Waals surface area contributed by atoms with Gasteiger partial charge >= 0.3 is 0 Å². The lowest BCUT2D eigenvalue weighted by Crippen LogP contribution is -2.17. The van der Waals surface area contributed by atoms with Crippen LogP contribution in [-0.4, -0.2) is 5.78 Å². The van der Waals surface area contributed by atoms with E-state index in [2.05, 4.69) is 24.3 Å². The maximum absolute atomic E-state index is 11.8. The third-order valence-corrected chi connectivity index (χ3v) is 2.94. The lowest BCUT2D eigenvalue weighted by atomic mass is 9.90. The van der Waals surface area contributed by atoms with Gasteiger partial charge < -0.3 is 0 Å². The maximum atomic E-state index is 11.8. The van der Waals surface area contributed by atoms with Crippen molar-refractivity contribution >= 4 is 22.6 Å². The maximum Gasteiger partial charge on any atom is 0.161 e. The van der Waals surface area contributed by atoms with Gasteiger partial charge in [0.25, 0.3) is 0 Å². The van der Waals surface area contributed by atoms with Gasteiger partial charge in [-0.1, -0.05) is 63.2 Å². The Balaban J connectivity index is 2.27. The zero-order valence-electron chi connectivity index (χ0n) is 11.1. The minimum Gasteiger partial charge on any atom is -0.294 e. The van der Waals surface area contributed by atoms with Gasteiger partial charge in [-0.25, -0.2) is 0 Å². The molecule has 0 saturated heterocycles. The van der Waals surface area contributed by atoms with Crippen molar-refractivity contribution in [2.24, 2.45) is 5.41 Å².